The van der Waals surface area contributed by atoms with E-state index in [0.29, 0.717) is 15.7 Å². The summed E-state index contributed by atoms with van der Waals surface area (Å²) in [6.07, 6.45) is 0. The van der Waals surface area contributed by atoms with Crippen LogP contribution in [0.1, 0.15) is 11.1 Å². The predicted molar refractivity (Wildman–Crippen MR) is 111 cm³/mol. The van der Waals surface area contributed by atoms with E-state index in [9.17, 15) is 9.18 Å². The van der Waals surface area contributed by atoms with Gasteiger partial charge in [-0.25, -0.2) is 8.91 Å². The van der Waals surface area contributed by atoms with Crippen LogP contribution in [-0.2, 0) is 4.79 Å². The predicted octanol–water partition coefficient (Wildman–Crippen LogP) is 4.88. The first kappa shape index (κ1) is 19.4. The number of fused-ring (bicyclic) bond motifs is 1. The maximum absolute atomic E-state index is 13.2. The Morgan fingerprint density at radius 3 is 2.62 bits per heavy atom. The van der Waals surface area contributed by atoms with E-state index in [0.717, 1.165) is 22.4 Å². The van der Waals surface area contributed by atoms with E-state index in [1.807, 2.05) is 19.2 Å². The van der Waals surface area contributed by atoms with Gasteiger partial charge in [0.25, 0.3) is 11.9 Å². The zero-order chi connectivity index (χ0) is 20.5. The van der Waals surface area contributed by atoms with Crippen LogP contribution in [0, 0.1) is 19.7 Å². The van der Waals surface area contributed by atoms with Crippen LogP contribution >= 0.6 is 22.9 Å². The molecule has 0 unspecified atom stereocenters. The molecule has 6 nitrogen and oxygen atoms in total. The Morgan fingerprint density at radius 1 is 1.24 bits per heavy atom. The first-order valence-corrected chi connectivity index (χ1v) is 9.96. The summed E-state index contributed by atoms with van der Waals surface area (Å²) >= 11 is 7.52. The number of aromatic nitrogens is 3. The number of carbonyl (C=O) groups is 1. The number of carbonyl (C=O) groups excluding carboxylic acids is 1. The molecule has 9 heteroatoms. The summed E-state index contributed by atoms with van der Waals surface area (Å²) in [5.74, 6) is 0.0592. The largest absolute Gasteiger partial charge is 0.484 e. The van der Waals surface area contributed by atoms with Crippen molar-refractivity contribution in [2.75, 3.05) is 11.9 Å². The van der Waals surface area contributed by atoms with E-state index in [-0.39, 0.29) is 24.3 Å². The zero-order valence-corrected chi connectivity index (χ0v) is 17.1. The highest BCUT2D eigenvalue weighted by atomic mass is 35.5. The summed E-state index contributed by atoms with van der Waals surface area (Å²) in [4.78, 5) is 17.1. The molecular formula is C20H16ClFN4O2S. The number of ether oxygens (including phenoxy) is 1. The molecule has 0 saturated carbocycles. The van der Waals surface area contributed by atoms with Gasteiger partial charge < -0.3 is 4.74 Å². The first-order chi connectivity index (χ1) is 13.9. The smallest absolute Gasteiger partial charge is 0.264 e. The van der Waals surface area contributed by atoms with E-state index in [1.165, 1.54) is 23.5 Å². The van der Waals surface area contributed by atoms with Gasteiger partial charge in [0.2, 0.25) is 4.96 Å². The molecule has 2 aromatic carbocycles. The Kier molecular flexibility index (Phi) is 5.21. The van der Waals surface area contributed by atoms with Gasteiger partial charge in [0.05, 0.1) is 5.69 Å². The number of nitrogens with one attached hydrogen (secondary N) is 1. The minimum absolute atomic E-state index is 0.178. The molecule has 148 valence electrons. The number of benzene rings is 2. The van der Waals surface area contributed by atoms with Crippen LogP contribution in [0.4, 0.5) is 10.3 Å². The SMILES string of the molecule is Cc1cc(OCC(=O)Nc2nc3scc(-c4ccc(F)cc4)n3n2)cc(C)c1Cl. The van der Waals surface area contributed by atoms with Gasteiger partial charge in [-0.3, -0.25) is 10.1 Å². The quantitative estimate of drug-likeness (QED) is 0.489. The van der Waals surface area contributed by atoms with Gasteiger partial charge in [0.15, 0.2) is 6.61 Å². The van der Waals surface area contributed by atoms with Crippen LogP contribution in [-0.4, -0.2) is 27.1 Å². The van der Waals surface area contributed by atoms with E-state index in [1.54, 1.807) is 28.8 Å². The number of aryl methyl sites for hydroxylation is 2. The molecule has 4 aromatic rings. The number of halogens is 2. The van der Waals surface area contributed by atoms with Crippen molar-refractivity contribution >= 4 is 39.8 Å². The molecule has 4 rings (SSSR count). The minimum Gasteiger partial charge on any atom is -0.484 e. The van der Waals surface area contributed by atoms with Gasteiger partial charge in [-0.15, -0.1) is 16.4 Å². The average Bonchev–Trinajstić information content (AvgIpc) is 3.25. The molecular weight excluding hydrogens is 415 g/mol. The number of amides is 1. The zero-order valence-electron chi connectivity index (χ0n) is 15.6. The lowest BCUT2D eigenvalue weighted by Gasteiger charge is -2.09. The number of nitrogens with zero attached hydrogens (tertiary/aromatic N) is 3. The molecule has 2 aromatic heterocycles. The lowest BCUT2D eigenvalue weighted by Crippen LogP contribution is -2.21. The second-order valence-electron chi connectivity index (χ2n) is 6.47. The van der Waals surface area contributed by atoms with Crippen LogP contribution in [0.5, 0.6) is 5.75 Å². The van der Waals surface area contributed by atoms with Crippen molar-refractivity contribution in [3.8, 4) is 17.0 Å². The summed E-state index contributed by atoms with van der Waals surface area (Å²) in [6, 6.07) is 9.66. The van der Waals surface area contributed by atoms with Gasteiger partial charge in [-0.05, 0) is 61.4 Å². The summed E-state index contributed by atoms with van der Waals surface area (Å²) in [5.41, 5.74) is 3.33. The molecule has 0 bridgehead atoms. The number of thiazole rings is 1. The molecule has 0 radical (unpaired) electrons. The van der Waals surface area contributed by atoms with Crippen molar-refractivity contribution in [3.63, 3.8) is 0 Å². The summed E-state index contributed by atoms with van der Waals surface area (Å²) in [6.45, 7) is 3.57. The van der Waals surface area contributed by atoms with Gasteiger partial charge in [0, 0.05) is 16.0 Å². The van der Waals surface area contributed by atoms with Crippen LogP contribution in [0.15, 0.2) is 41.8 Å². The lowest BCUT2D eigenvalue weighted by molar-refractivity contribution is -0.118. The second-order valence-corrected chi connectivity index (χ2v) is 7.68. The van der Waals surface area contributed by atoms with E-state index >= 15 is 0 Å². The van der Waals surface area contributed by atoms with Crippen molar-refractivity contribution in [2.24, 2.45) is 0 Å². The third-order valence-electron chi connectivity index (χ3n) is 4.25. The molecule has 0 atom stereocenters. The highest BCUT2D eigenvalue weighted by Crippen LogP contribution is 2.27. The fraction of sp³-hybridized carbons (Fsp3) is 0.150. The summed E-state index contributed by atoms with van der Waals surface area (Å²) in [7, 11) is 0. The van der Waals surface area contributed by atoms with Crippen molar-refractivity contribution < 1.29 is 13.9 Å². The van der Waals surface area contributed by atoms with Crippen molar-refractivity contribution in [1.82, 2.24) is 14.6 Å². The number of hydrogen-bond donors (Lipinski definition) is 1. The highest BCUT2D eigenvalue weighted by Gasteiger charge is 2.14. The molecule has 0 aliphatic rings. The molecule has 1 amide bonds. The molecule has 29 heavy (non-hydrogen) atoms. The minimum atomic E-state index is -0.378. The molecule has 0 fully saturated rings. The van der Waals surface area contributed by atoms with Crippen LogP contribution in [0.3, 0.4) is 0 Å². The summed E-state index contributed by atoms with van der Waals surface area (Å²) in [5, 5.41) is 9.51. The van der Waals surface area contributed by atoms with E-state index in [4.69, 9.17) is 16.3 Å². The fourth-order valence-corrected chi connectivity index (χ4v) is 3.79. The number of anilines is 1. The molecule has 0 aliphatic heterocycles. The van der Waals surface area contributed by atoms with E-state index in [2.05, 4.69) is 15.4 Å². The molecule has 2 heterocycles. The average molecular weight is 431 g/mol. The van der Waals surface area contributed by atoms with Gasteiger partial charge >= 0.3 is 0 Å². The van der Waals surface area contributed by atoms with Crippen molar-refractivity contribution in [1.29, 1.82) is 0 Å². The van der Waals surface area contributed by atoms with Gasteiger partial charge in [-0.2, -0.15) is 4.98 Å². The Bertz CT molecular complexity index is 1180. The number of rotatable bonds is 5. The Labute approximate surface area is 174 Å². The van der Waals surface area contributed by atoms with Crippen molar-refractivity contribution in [3.05, 3.63) is 63.7 Å². The summed E-state index contributed by atoms with van der Waals surface area (Å²) < 4.78 is 20.3. The third kappa shape index (κ3) is 4.08. The standard InChI is InChI=1S/C20H16ClFN4O2S/c1-11-7-15(8-12(2)18(11)21)28-9-17(27)23-19-24-20-26(25-19)16(10-29-20)13-3-5-14(22)6-4-13/h3-8,10H,9H2,1-2H3,(H,23,25,27). The maximum atomic E-state index is 13.2. The fourth-order valence-electron chi connectivity index (χ4n) is 2.85. The molecule has 0 saturated heterocycles. The molecule has 0 aliphatic carbocycles. The van der Waals surface area contributed by atoms with Gasteiger partial charge in [0.1, 0.15) is 11.6 Å². The first-order valence-electron chi connectivity index (χ1n) is 8.70. The van der Waals surface area contributed by atoms with Gasteiger partial charge in [-0.1, -0.05) is 11.6 Å². The van der Waals surface area contributed by atoms with Crippen LogP contribution < -0.4 is 10.1 Å². The topological polar surface area (TPSA) is 68.5 Å². The Balaban J connectivity index is 1.45. The maximum Gasteiger partial charge on any atom is 0.264 e. The van der Waals surface area contributed by atoms with Crippen LogP contribution in [0.25, 0.3) is 16.2 Å². The third-order valence-corrected chi connectivity index (χ3v) is 5.67. The highest BCUT2D eigenvalue weighted by molar-refractivity contribution is 7.15. The Morgan fingerprint density at radius 2 is 1.93 bits per heavy atom. The second kappa shape index (κ2) is 7.81. The monoisotopic (exact) mass is 430 g/mol. The Hall–Kier alpha value is -2.97. The van der Waals surface area contributed by atoms with Crippen LogP contribution in [0.2, 0.25) is 5.02 Å². The molecule has 1 N–H and O–H groups in total. The van der Waals surface area contributed by atoms with E-state index < -0.39 is 0 Å². The molecule has 0 spiro atoms. The normalized spacial score (nSPS) is 11.0. The lowest BCUT2D eigenvalue weighted by atomic mass is 10.1. The van der Waals surface area contributed by atoms with Crippen molar-refractivity contribution in [2.45, 2.75) is 13.8 Å². The number of hydrogen-bond acceptors (Lipinski definition) is 5.